The van der Waals surface area contributed by atoms with Crippen LogP contribution in [0.15, 0.2) is 77.7 Å². The monoisotopic (exact) mass is 619 g/mol. The van der Waals surface area contributed by atoms with E-state index in [1.807, 2.05) is 86.6 Å². The number of fused-ring (bicyclic) bond motifs is 1. The molecule has 3 aromatic rings. The lowest BCUT2D eigenvalue weighted by Crippen LogP contribution is -2.52. The van der Waals surface area contributed by atoms with Gasteiger partial charge in [-0.05, 0) is 48.2 Å². The number of anilines is 1. The standard InChI is InChI=1S/C33H41N5O5S/c1-33(2,36-18-25(40)20-39)16-30(41)37-27-21-44-29-11-7-6-10-28(29)38(31(27)42)19-22-12-14-23(15-13-22)26-9-5-4-8-24(26)17-35-32(43)34-3/h4-15,25,27,36,39-40H,16-21H2,1-3H3,(H,37,41)(H2,34,35,43)/t25-,27+/m0/s1. The van der Waals surface area contributed by atoms with Crippen molar-refractivity contribution in [3.8, 4) is 11.1 Å². The van der Waals surface area contributed by atoms with E-state index in [0.717, 1.165) is 32.8 Å². The molecule has 1 heterocycles. The number of thioether (sulfide) groups is 1. The van der Waals surface area contributed by atoms with Crippen LogP contribution < -0.4 is 26.2 Å². The largest absolute Gasteiger partial charge is 0.394 e. The number of nitrogens with one attached hydrogen (secondary N) is 4. The van der Waals surface area contributed by atoms with Gasteiger partial charge in [-0.25, -0.2) is 4.79 Å². The summed E-state index contributed by atoms with van der Waals surface area (Å²) in [4.78, 5) is 41.4. The van der Waals surface area contributed by atoms with E-state index in [2.05, 4.69) is 21.3 Å². The molecule has 6 N–H and O–H groups in total. The summed E-state index contributed by atoms with van der Waals surface area (Å²) in [5.74, 6) is -0.0682. The summed E-state index contributed by atoms with van der Waals surface area (Å²) in [7, 11) is 1.58. The lowest BCUT2D eigenvalue weighted by Gasteiger charge is -2.29. The SMILES string of the molecule is CNC(=O)NCc1ccccc1-c1ccc(CN2C(=O)[C@H](NC(=O)CC(C)(C)NC[C@H](O)CO)CSc3ccccc32)cc1. The fourth-order valence-electron chi connectivity index (χ4n) is 4.98. The van der Waals surface area contributed by atoms with E-state index >= 15 is 0 Å². The van der Waals surface area contributed by atoms with Crippen LogP contribution in [0.3, 0.4) is 0 Å². The van der Waals surface area contributed by atoms with Gasteiger partial charge in [0.05, 0.1) is 24.9 Å². The highest BCUT2D eigenvalue weighted by Gasteiger charge is 2.33. The first kappa shape index (κ1) is 33.0. The topological polar surface area (TPSA) is 143 Å². The van der Waals surface area contributed by atoms with Crippen LogP contribution in [0.25, 0.3) is 11.1 Å². The molecule has 0 saturated carbocycles. The van der Waals surface area contributed by atoms with Crippen LogP contribution >= 0.6 is 11.8 Å². The third-order valence-electron chi connectivity index (χ3n) is 7.38. The minimum atomic E-state index is -0.918. The second-order valence-electron chi connectivity index (χ2n) is 11.4. The minimum Gasteiger partial charge on any atom is -0.394 e. The van der Waals surface area contributed by atoms with Crippen molar-refractivity contribution in [1.82, 2.24) is 21.3 Å². The number of amides is 4. The number of hydrogen-bond donors (Lipinski definition) is 6. The second kappa shape index (κ2) is 15.2. The summed E-state index contributed by atoms with van der Waals surface area (Å²) >= 11 is 1.53. The molecule has 4 rings (SSSR count). The lowest BCUT2D eigenvalue weighted by molar-refractivity contribution is -0.128. The van der Waals surface area contributed by atoms with E-state index in [4.69, 9.17) is 5.11 Å². The Hall–Kier alpha value is -3.90. The number of para-hydroxylation sites is 1. The van der Waals surface area contributed by atoms with Crippen molar-refractivity contribution in [3.63, 3.8) is 0 Å². The number of rotatable bonds is 12. The summed E-state index contributed by atoms with van der Waals surface area (Å²) in [6.07, 6.45) is -0.826. The Bertz CT molecular complexity index is 1450. The van der Waals surface area contributed by atoms with E-state index in [1.165, 1.54) is 11.8 Å². The summed E-state index contributed by atoms with van der Waals surface area (Å²) < 4.78 is 0. The van der Waals surface area contributed by atoms with Crippen LogP contribution in [0, 0.1) is 0 Å². The predicted octanol–water partition coefficient (Wildman–Crippen LogP) is 3.02. The molecule has 0 aromatic heterocycles. The van der Waals surface area contributed by atoms with Crippen molar-refractivity contribution < 1.29 is 24.6 Å². The van der Waals surface area contributed by atoms with Crippen LogP contribution in [0.1, 0.15) is 31.4 Å². The molecule has 10 nitrogen and oxygen atoms in total. The molecule has 234 valence electrons. The first-order valence-electron chi connectivity index (χ1n) is 14.6. The molecule has 0 bridgehead atoms. The van der Waals surface area contributed by atoms with E-state index in [1.54, 1.807) is 11.9 Å². The number of aliphatic hydroxyl groups excluding tert-OH is 2. The van der Waals surface area contributed by atoms with E-state index in [0.29, 0.717) is 18.8 Å². The van der Waals surface area contributed by atoms with Crippen molar-refractivity contribution in [3.05, 3.63) is 83.9 Å². The van der Waals surface area contributed by atoms with Crippen molar-refractivity contribution in [2.45, 2.75) is 55.9 Å². The Morgan fingerprint density at radius 1 is 1.05 bits per heavy atom. The minimum absolute atomic E-state index is 0.0914. The molecule has 11 heteroatoms. The van der Waals surface area contributed by atoms with Gasteiger partial charge in [0.15, 0.2) is 0 Å². The maximum absolute atomic E-state index is 13.9. The van der Waals surface area contributed by atoms with Gasteiger partial charge in [0.1, 0.15) is 6.04 Å². The molecule has 0 aliphatic carbocycles. The van der Waals surface area contributed by atoms with E-state index in [9.17, 15) is 19.5 Å². The van der Waals surface area contributed by atoms with E-state index in [-0.39, 0.29) is 37.4 Å². The average molecular weight is 620 g/mol. The van der Waals surface area contributed by atoms with Gasteiger partial charge >= 0.3 is 6.03 Å². The molecule has 44 heavy (non-hydrogen) atoms. The highest BCUT2D eigenvalue weighted by Crippen LogP contribution is 2.35. The van der Waals surface area contributed by atoms with Crippen LogP contribution in [0.4, 0.5) is 10.5 Å². The summed E-state index contributed by atoms with van der Waals surface area (Å²) in [6, 6.07) is 22.7. The molecule has 2 atom stereocenters. The summed E-state index contributed by atoms with van der Waals surface area (Å²) in [6.45, 7) is 4.17. The molecule has 0 spiro atoms. The fourth-order valence-corrected chi connectivity index (χ4v) is 6.05. The molecule has 4 amide bonds. The van der Waals surface area contributed by atoms with Crippen LogP contribution in [0.5, 0.6) is 0 Å². The highest BCUT2D eigenvalue weighted by molar-refractivity contribution is 7.99. The molecule has 0 fully saturated rings. The molecule has 3 aromatic carbocycles. The number of β-amino-alcohol motifs (C(OH)–C–C–N with tert-alkyl or cyclic N) is 1. The zero-order chi connectivity index (χ0) is 31.7. The maximum Gasteiger partial charge on any atom is 0.314 e. The van der Waals surface area contributed by atoms with E-state index < -0.39 is 17.7 Å². The smallest absolute Gasteiger partial charge is 0.314 e. The van der Waals surface area contributed by atoms with Crippen molar-refractivity contribution in [2.75, 3.05) is 30.9 Å². The molecular weight excluding hydrogens is 578 g/mol. The number of carbonyl (C=O) groups excluding carboxylic acids is 3. The number of nitrogens with zero attached hydrogens (tertiary/aromatic N) is 1. The van der Waals surface area contributed by atoms with Crippen molar-refractivity contribution in [1.29, 1.82) is 0 Å². The first-order valence-corrected chi connectivity index (χ1v) is 15.6. The second-order valence-corrected chi connectivity index (χ2v) is 12.4. The quantitative estimate of drug-likeness (QED) is 0.183. The number of aliphatic hydroxyl groups is 2. The van der Waals surface area contributed by atoms with Gasteiger partial charge in [0.2, 0.25) is 5.91 Å². The molecule has 0 unspecified atom stereocenters. The summed E-state index contributed by atoms with van der Waals surface area (Å²) in [5.41, 5.74) is 4.07. The number of hydrogen-bond acceptors (Lipinski definition) is 7. The molecule has 1 aliphatic heterocycles. The highest BCUT2D eigenvalue weighted by atomic mass is 32.2. The predicted molar refractivity (Wildman–Crippen MR) is 173 cm³/mol. The number of carbonyl (C=O) groups is 3. The fraction of sp³-hybridized carbons (Fsp3) is 0.364. The van der Waals surface area contributed by atoms with Crippen molar-refractivity contribution >= 4 is 35.3 Å². The van der Waals surface area contributed by atoms with Crippen LogP contribution in [0.2, 0.25) is 0 Å². The molecule has 1 aliphatic rings. The maximum atomic E-state index is 13.9. The Balaban J connectivity index is 1.49. The Morgan fingerprint density at radius 2 is 1.75 bits per heavy atom. The zero-order valence-electron chi connectivity index (χ0n) is 25.3. The molecule has 0 radical (unpaired) electrons. The third kappa shape index (κ3) is 8.82. The van der Waals surface area contributed by atoms with Crippen LogP contribution in [-0.2, 0) is 22.7 Å². The third-order valence-corrected chi connectivity index (χ3v) is 8.54. The Kier molecular flexibility index (Phi) is 11.4. The first-order chi connectivity index (χ1) is 21.1. The van der Waals surface area contributed by atoms with Crippen molar-refractivity contribution in [2.24, 2.45) is 0 Å². The Labute approximate surface area is 262 Å². The van der Waals surface area contributed by atoms with Gasteiger partial charge < -0.3 is 36.4 Å². The van der Waals surface area contributed by atoms with Gasteiger partial charge in [-0.2, -0.15) is 0 Å². The molecule has 0 saturated heterocycles. The van der Waals surface area contributed by atoms with Gasteiger partial charge in [0.25, 0.3) is 5.91 Å². The van der Waals surface area contributed by atoms with Gasteiger partial charge in [0, 0.05) is 42.7 Å². The van der Waals surface area contributed by atoms with Gasteiger partial charge in [-0.15, -0.1) is 11.8 Å². The Morgan fingerprint density at radius 3 is 2.48 bits per heavy atom. The summed E-state index contributed by atoms with van der Waals surface area (Å²) in [5, 5.41) is 30.2. The average Bonchev–Trinajstić information content (AvgIpc) is 3.15. The molecular formula is C33H41N5O5S. The van der Waals surface area contributed by atoms with Gasteiger partial charge in [-0.3, -0.25) is 9.59 Å². The zero-order valence-corrected chi connectivity index (χ0v) is 26.1. The lowest BCUT2D eigenvalue weighted by atomic mass is 9.98. The number of benzene rings is 3. The van der Waals surface area contributed by atoms with Crippen LogP contribution in [-0.4, -0.2) is 71.7 Å². The normalized spacial score (nSPS) is 15.6. The number of urea groups is 1. The van der Waals surface area contributed by atoms with Gasteiger partial charge in [-0.1, -0.05) is 60.7 Å².